The molecule has 1 atom stereocenters. The summed E-state index contributed by atoms with van der Waals surface area (Å²) in [5, 5.41) is 12.1. The number of phenolic OH excluding ortho intramolecular Hbond substituents is 1. The van der Waals surface area contributed by atoms with E-state index in [1.165, 1.54) is 6.07 Å². The maximum absolute atomic E-state index is 12.9. The lowest BCUT2D eigenvalue weighted by atomic mass is 10.1. The predicted octanol–water partition coefficient (Wildman–Crippen LogP) is 2.82. The second kappa shape index (κ2) is 6.59. The molecule has 0 aliphatic rings. The van der Waals surface area contributed by atoms with Crippen molar-refractivity contribution in [2.45, 2.75) is 24.6 Å². The Morgan fingerprint density at radius 1 is 1.59 bits per heavy atom. The van der Waals surface area contributed by atoms with Crippen molar-refractivity contribution in [3.05, 3.63) is 29.6 Å². The number of nitrogens with one attached hydrogen (secondary N) is 1. The van der Waals surface area contributed by atoms with Gasteiger partial charge < -0.3 is 10.4 Å². The Labute approximate surface area is 108 Å². The van der Waals surface area contributed by atoms with Crippen LogP contribution >= 0.6 is 15.9 Å². The normalized spacial score (nSPS) is 12.2. The van der Waals surface area contributed by atoms with E-state index >= 15 is 0 Å². The van der Waals surface area contributed by atoms with Crippen molar-refractivity contribution in [2.75, 3.05) is 6.54 Å². The molecule has 0 radical (unpaired) electrons. The number of amides is 1. The fourth-order valence-corrected chi connectivity index (χ4v) is 1.69. The van der Waals surface area contributed by atoms with E-state index in [0.29, 0.717) is 11.4 Å². The monoisotopic (exact) mass is 303 g/mol. The van der Waals surface area contributed by atoms with Crippen molar-refractivity contribution in [1.29, 1.82) is 0 Å². The van der Waals surface area contributed by atoms with Gasteiger partial charge in [-0.05, 0) is 31.0 Å². The Balaban J connectivity index is 2.49. The van der Waals surface area contributed by atoms with E-state index in [9.17, 15) is 14.3 Å². The van der Waals surface area contributed by atoms with Crippen LogP contribution in [0.1, 0.15) is 30.1 Å². The number of alkyl halides is 1. The number of phenols is 1. The summed E-state index contributed by atoms with van der Waals surface area (Å²) in [6.45, 7) is 2.53. The van der Waals surface area contributed by atoms with Gasteiger partial charge in [-0.1, -0.05) is 22.9 Å². The Morgan fingerprint density at radius 3 is 2.94 bits per heavy atom. The standard InChI is InChI=1S/C12H15BrFNO2/c1-8(13)3-2-6-15-12(17)10-7-9(14)4-5-11(10)16/h4-5,7-8,16H,2-3,6H2,1H3,(H,15,17). The Bertz CT molecular complexity index is 396. The first-order valence-electron chi connectivity index (χ1n) is 5.41. The number of hydrogen-bond donors (Lipinski definition) is 2. The summed E-state index contributed by atoms with van der Waals surface area (Å²) in [7, 11) is 0. The van der Waals surface area contributed by atoms with Crippen LogP contribution < -0.4 is 5.32 Å². The lowest BCUT2D eigenvalue weighted by Gasteiger charge is -2.07. The van der Waals surface area contributed by atoms with Crippen LogP contribution in [0.3, 0.4) is 0 Å². The minimum Gasteiger partial charge on any atom is -0.507 e. The molecule has 1 rings (SSSR count). The molecule has 2 N–H and O–H groups in total. The van der Waals surface area contributed by atoms with Gasteiger partial charge in [-0.15, -0.1) is 0 Å². The van der Waals surface area contributed by atoms with Gasteiger partial charge in [0.2, 0.25) is 0 Å². The summed E-state index contributed by atoms with van der Waals surface area (Å²) in [4.78, 5) is 12.0. The molecule has 0 aliphatic heterocycles. The molecule has 17 heavy (non-hydrogen) atoms. The highest BCUT2D eigenvalue weighted by molar-refractivity contribution is 9.09. The van der Waals surface area contributed by atoms with Gasteiger partial charge in [0, 0.05) is 11.4 Å². The minimum atomic E-state index is -0.540. The second-order valence-corrected chi connectivity index (χ2v) is 5.40. The van der Waals surface area contributed by atoms with Gasteiger partial charge in [0.05, 0.1) is 5.56 Å². The average Bonchev–Trinajstić information content (AvgIpc) is 2.27. The van der Waals surface area contributed by atoms with Crippen LogP contribution in [0, 0.1) is 5.82 Å². The molecule has 0 bridgehead atoms. The third-order valence-electron chi connectivity index (χ3n) is 2.27. The SMILES string of the molecule is CC(Br)CCCNC(=O)c1cc(F)ccc1O. The summed E-state index contributed by atoms with van der Waals surface area (Å²) in [6, 6.07) is 3.31. The van der Waals surface area contributed by atoms with E-state index in [0.717, 1.165) is 25.0 Å². The van der Waals surface area contributed by atoms with Gasteiger partial charge in [-0.3, -0.25) is 4.79 Å². The van der Waals surface area contributed by atoms with Gasteiger partial charge >= 0.3 is 0 Å². The molecule has 0 fully saturated rings. The molecule has 1 aromatic carbocycles. The summed E-state index contributed by atoms with van der Waals surface area (Å²) >= 11 is 3.41. The Morgan fingerprint density at radius 2 is 2.29 bits per heavy atom. The first kappa shape index (κ1) is 14.0. The van der Waals surface area contributed by atoms with Crippen molar-refractivity contribution in [3.63, 3.8) is 0 Å². The molecular weight excluding hydrogens is 289 g/mol. The van der Waals surface area contributed by atoms with Gasteiger partial charge in [0.15, 0.2) is 0 Å². The molecule has 0 saturated carbocycles. The van der Waals surface area contributed by atoms with Crippen molar-refractivity contribution in [1.82, 2.24) is 5.32 Å². The number of hydrogen-bond acceptors (Lipinski definition) is 2. The van der Waals surface area contributed by atoms with E-state index in [-0.39, 0.29) is 11.3 Å². The van der Waals surface area contributed by atoms with Crippen LogP contribution in [0.2, 0.25) is 0 Å². The summed E-state index contributed by atoms with van der Waals surface area (Å²) < 4.78 is 12.9. The maximum atomic E-state index is 12.9. The number of benzene rings is 1. The zero-order chi connectivity index (χ0) is 12.8. The van der Waals surface area contributed by atoms with Crippen LogP contribution in [0.4, 0.5) is 4.39 Å². The third-order valence-corrected chi connectivity index (χ3v) is 2.73. The molecular formula is C12H15BrFNO2. The average molecular weight is 304 g/mol. The second-order valence-electron chi connectivity index (χ2n) is 3.84. The van der Waals surface area contributed by atoms with Crippen LogP contribution in [0.5, 0.6) is 5.75 Å². The summed E-state index contributed by atoms with van der Waals surface area (Å²) in [5.74, 6) is -1.20. The molecule has 0 aliphatic carbocycles. The Kier molecular flexibility index (Phi) is 5.41. The molecule has 0 spiro atoms. The van der Waals surface area contributed by atoms with Gasteiger partial charge in [0.1, 0.15) is 11.6 Å². The van der Waals surface area contributed by atoms with Gasteiger partial charge in [0.25, 0.3) is 5.91 Å². The molecule has 1 aromatic rings. The molecule has 5 heteroatoms. The summed E-state index contributed by atoms with van der Waals surface area (Å²) in [5.41, 5.74) is -0.0307. The number of rotatable bonds is 5. The zero-order valence-electron chi connectivity index (χ0n) is 9.54. The van der Waals surface area contributed by atoms with Crippen molar-refractivity contribution in [2.24, 2.45) is 0 Å². The lowest BCUT2D eigenvalue weighted by molar-refractivity contribution is 0.0950. The third kappa shape index (κ3) is 4.73. The van der Waals surface area contributed by atoms with Crippen LogP contribution in [0.15, 0.2) is 18.2 Å². The van der Waals surface area contributed by atoms with Crippen LogP contribution in [-0.4, -0.2) is 22.4 Å². The van der Waals surface area contributed by atoms with E-state index in [1.54, 1.807) is 0 Å². The lowest BCUT2D eigenvalue weighted by Crippen LogP contribution is -2.25. The highest BCUT2D eigenvalue weighted by Gasteiger charge is 2.11. The first-order chi connectivity index (χ1) is 8.00. The quantitative estimate of drug-likeness (QED) is 0.649. The number of carbonyl (C=O) groups excluding carboxylic acids is 1. The van der Waals surface area contributed by atoms with E-state index in [4.69, 9.17) is 0 Å². The topological polar surface area (TPSA) is 49.3 Å². The fraction of sp³-hybridized carbons (Fsp3) is 0.417. The van der Waals surface area contributed by atoms with Crippen molar-refractivity contribution in [3.8, 4) is 5.75 Å². The first-order valence-corrected chi connectivity index (χ1v) is 6.33. The molecule has 94 valence electrons. The molecule has 0 saturated heterocycles. The molecule has 1 amide bonds. The largest absolute Gasteiger partial charge is 0.507 e. The molecule has 0 aromatic heterocycles. The van der Waals surface area contributed by atoms with E-state index in [2.05, 4.69) is 21.2 Å². The van der Waals surface area contributed by atoms with Crippen molar-refractivity contribution >= 4 is 21.8 Å². The van der Waals surface area contributed by atoms with E-state index < -0.39 is 11.7 Å². The zero-order valence-corrected chi connectivity index (χ0v) is 11.1. The fourth-order valence-electron chi connectivity index (χ4n) is 1.37. The van der Waals surface area contributed by atoms with Crippen LogP contribution in [0.25, 0.3) is 0 Å². The number of halogens is 2. The number of carbonyl (C=O) groups is 1. The molecule has 0 heterocycles. The predicted molar refractivity (Wildman–Crippen MR) is 68.0 cm³/mol. The minimum absolute atomic E-state index is 0.0307. The van der Waals surface area contributed by atoms with Crippen LogP contribution in [-0.2, 0) is 0 Å². The van der Waals surface area contributed by atoms with Gasteiger partial charge in [-0.25, -0.2) is 4.39 Å². The Hall–Kier alpha value is -1.10. The smallest absolute Gasteiger partial charge is 0.255 e. The number of aromatic hydroxyl groups is 1. The molecule has 3 nitrogen and oxygen atoms in total. The highest BCUT2D eigenvalue weighted by atomic mass is 79.9. The highest BCUT2D eigenvalue weighted by Crippen LogP contribution is 2.17. The molecule has 1 unspecified atom stereocenters. The van der Waals surface area contributed by atoms with E-state index in [1.807, 2.05) is 6.92 Å². The van der Waals surface area contributed by atoms with Crippen molar-refractivity contribution < 1.29 is 14.3 Å². The van der Waals surface area contributed by atoms with Gasteiger partial charge in [-0.2, -0.15) is 0 Å². The maximum Gasteiger partial charge on any atom is 0.255 e. The summed E-state index contributed by atoms with van der Waals surface area (Å²) in [6.07, 6.45) is 1.77.